The number of carbonyl (C=O) groups excluding carboxylic acids is 1. The number of benzene rings is 1. The van der Waals surface area contributed by atoms with Gasteiger partial charge in [-0.3, -0.25) is 4.79 Å². The third-order valence-electron chi connectivity index (χ3n) is 4.36. The lowest BCUT2D eigenvalue weighted by Gasteiger charge is -2.24. The number of fused-ring (bicyclic) bond motifs is 1. The minimum atomic E-state index is -0.127. The van der Waals surface area contributed by atoms with E-state index in [2.05, 4.69) is 27.9 Å². The van der Waals surface area contributed by atoms with Crippen LogP contribution in [0.15, 0.2) is 36.8 Å². The van der Waals surface area contributed by atoms with Gasteiger partial charge in [-0.25, -0.2) is 9.97 Å². The fourth-order valence-electron chi connectivity index (χ4n) is 2.75. The summed E-state index contributed by atoms with van der Waals surface area (Å²) in [6, 6.07) is 7.86. The molecule has 5 heteroatoms. The van der Waals surface area contributed by atoms with Gasteiger partial charge in [0.25, 0.3) is 5.91 Å². The summed E-state index contributed by atoms with van der Waals surface area (Å²) in [6.45, 7) is 5.99. The molecule has 2 heterocycles. The van der Waals surface area contributed by atoms with Gasteiger partial charge in [0.05, 0.1) is 11.7 Å². The molecule has 2 aromatic heterocycles. The average molecular weight is 308 g/mol. The molecule has 1 N–H and O–H groups in total. The zero-order valence-electron chi connectivity index (χ0n) is 13.8. The molecular formula is C18H20N4O. The Morgan fingerprint density at radius 2 is 2.04 bits per heavy atom. The van der Waals surface area contributed by atoms with Gasteiger partial charge in [0.1, 0.15) is 12.0 Å². The second-order valence-electron chi connectivity index (χ2n) is 5.90. The molecule has 1 unspecified atom stereocenters. The first-order valence-electron chi connectivity index (χ1n) is 7.61. The molecule has 1 aromatic carbocycles. The largest absolute Gasteiger partial charge is 0.350 e. The third-order valence-corrected chi connectivity index (χ3v) is 4.36. The zero-order valence-corrected chi connectivity index (χ0v) is 13.8. The number of carbonyl (C=O) groups is 1. The molecule has 0 bridgehead atoms. The van der Waals surface area contributed by atoms with Crippen molar-refractivity contribution >= 4 is 16.8 Å². The average Bonchev–Trinajstić information content (AvgIpc) is 2.90. The molecule has 0 aliphatic carbocycles. The predicted octanol–water partition coefficient (Wildman–Crippen LogP) is 3.41. The van der Waals surface area contributed by atoms with E-state index in [4.69, 9.17) is 0 Å². The number of H-pyrrole nitrogens is 1. The van der Waals surface area contributed by atoms with E-state index in [1.54, 1.807) is 18.1 Å². The van der Waals surface area contributed by atoms with E-state index in [9.17, 15) is 4.79 Å². The molecule has 0 spiro atoms. The fraction of sp³-hybridized carbons (Fsp3) is 0.278. The summed E-state index contributed by atoms with van der Waals surface area (Å²) in [5.41, 5.74) is 4.60. The van der Waals surface area contributed by atoms with E-state index in [0.717, 1.165) is 22.2 Å². The fourth-order valence-corrected chi connectivity index (χ4v) is 2.75. The second-order valence-corrected chi connectivity index (χ2v) is 5.90. The van der Waals surface area contributed by atoms with E-state index in [0.29, 0.717) is 5.69 Å². The van der Waals surface area contributed by atoms with Gasteiger partial charge >= 0.3 is 0 Å². The lowest BCUT2D eigenvalue weighted by atomic mass is 10.1. The highest BCUT2D eigenvalue weighted by atomic mass is 16.2. The summed E-state index contributed by atoms with van der Waals surface area (Å²) in [4.78, 5) is 26.0. The van der Waals surface area contributed by atoms with Gasteiger partial charge in [0.15, 0.2) is 0 Å². The van der Waals surface area contributed by atoms with Crippen molar-refractivity contribution in [2.75, 3.05) is 7.05 Å². The van der Waals surface area contributed by atoms with Gasteiger partial charge in [-0.15, -0.1) is 0 Å². The van der Waals surface area contributed by atoms with Crippen LogP contribution < -0.4 is 0 Å². The number of nitrogens with zero attached hydrogens (tertiary/aromatic N) is 3. The first-order valence-corrected chi connectivity index (χ1v) is 7.61. The van der Waals surface area contributed by atoms with Crippen molar-refractivity contribution in [3.63, 3.8) is 0 Å². The highest BCUT2D eigenvalue weighted by molar-refractivity contribution is 6.01. The van der Waals surface area contributed by atoms with Gasteiger partial charge < -0.3 is 9.88 Å². The van der Waals surface area contributed by atoms with Crippen molar-refractivity contribution in [2.24, 2.45) is 0 Å². The molecule has 0 radical (unpaired) electrons. The van der Waals surface area contributed by atoms with Crippen LogP contribution in [0.2, 0.25) is 0 Å². The second kappa shape index (κ2) is 5.83. The van der Waals surface area contributed by atoms with Crippen LogP contribution >= 0.6 is 0 Å². The number of nitrogens with one attached hydrogen (secondary N) is 1. The SMILES string of the molecule is Cc1ccc2[nH]c(C(=O)N(C)C(C)c3ccncn3)c(C)c2c1. The minimum absolute atomic E-state index is 0.0394. The van der Waals surface area contributed by atoms with Crippen LogP contribution in [0.1, 0.15) is 40.3 Å². The van der Waals surface area contributed by atoms with Crippen LogP contribution in [-0.4, -0.2) is 32.8 Å². The molecule has 0 fully saturated rings. The van der Waals surface area contributed by atoms with Crippen LogP contribution in [0.3, 0.4) is 0 Å². The van der Waals surface area contributed by atoms with Gasteiger partial charge in [0.2, 0.25) is 0 Å². The van der Waals surface area contributed by atoms with Crippen LogP contribution in [0.5, 0.6) is 0 Å². The van der Waals surface area contributed by atoms with Crippen LogP contribution in [0.25, 0.3) is 10.9 Å². The molecule has 23 heavy (non-hydrogen) atoms. The van der Waals surface area contributed by atoms with E-state index < -0.39 is 0 Å². The van der Waals surface area contributed by atoms with Gasteiger partial charge in [-0.2, -0.15) is 0 Å². The Hall–Kier alpha value is -2.69. The molecule has 5 nitrogen and oxygen atoms in total. The summed E-state index contributed by atoms with van der Waals surface area (Å²) in [5.74, 6) is -0.0394. The number of rotatable bonds is 3. The van der Waals surface area contributed by atoms with E-state index in [-0.39, 0.29) is 11.9 Å². The van der Waals surface area contributed by atoms with E-state index in [1.807, 2.05) is 32.0 Å². The summed E-state index contributed by atoms with van der Waals surface area (Å²) >= 11 is 0. The Kier molecular flexibility index (Phi) is 3.86. The van der Waals surface area contributed by atoms with Gasteiger partial charge in [0, 0.05) is 24.1 Å². The van der Waals surface area contributed by atoms with Crippen LogP contribution in [0, 0.1) is 13.8 Å². The highest BCUT2D eigenvalue weighted by Crippen LogP contribution is 2.25. The standard InChI is InChI=1S/C18H20N4O/c1-11-5-6-16-14(9-11)12(2)17(21-16)18(23)22(4)13(3)15-7-8-19-10-20-15/h5-10,13,21H,1-4H3. The lowest BCUT2D eigenvalue weighted by Crippen LogP contribution is -2.30. The molecule has 0 saturated heterocycles. The Morgan fingerprint density at radius 1 is 1.26 bits per heavy atom. The zero-order chi connectivity index (χ0) is 16.6. The molecule has 1 amide bonds. The minimum Gasteiger partial charge on any atom is -0.350 e. The molecular weight excluding hydrogens is 288 g/mol. The summed E-state index contributed by atoms with van der Waals surface area (Å²) in [7, 11) is 1.80. The number of aromatic nitrogens is 3. The molecule has 3 rings (SSSR count). The van der Waals surface area contributed by atoms with Gasteiger partial charge in [-0.05, 0) is 44.5 Å². The molecule has 3 aromatic rings. The lowest BCUT2D eigenvalue weighted by molar-refractivity contribution is 0.0734. The van der Waals surface area contributed by atoms with E-state index >= 15 is 0 Å². The number of hydrogen-bond acceptors (Lipinski definition) is 3. The molecule has 0 aliphatic heterocycles. The number of aromatic amines is 1. The topological polar surface area (TPSA) is 61.9 Å². The Bertz CT molecular complexity index is 854. The quantitative estimate of drug-likeness (QED) is 0.806. The molecule has 1 atom stereocenters. The van der Waals surface area contributed by atoms with Crippen molar-refractivity contribution in [1.29, 1.82) is 0 Å². The first-order chi connectivity index (χ1) is 11.0. The van der Waals surface area contributed by atoms with Crippen molar-refractivity contribution < 1.29 is 4.79 Å². The highest BCUT2D eigenvalue weighted by Gasteiger charge is 2.23. The summed E-state index contributed by atoms with van der Waals surface area (Å²) in [6.07, 6.45) is 3.19. The van der Waals surface area contributed by atoms with Crippen molar-refractivity contribution in [3.8, 4) is 0 Å². The van der Waals surface area contributed by atoms with Crippen LogP contribution in [0.4, 0.5) is 0 Å². The Labute approximate surface area is 135 Å². The molecule has 0 saturated carbocycles. The van der Waals surface area contributed by atoms with Crippen LogP contribution in [-0.2, 0) is 0 Å². The monoisotopic (exact) mass is 308 g/mol. The maximum atomic E-state index is 12.9. The Morgan fingerprint density at radius 3 is 2.74 bits per heavy atom. The third kappa shape index (κ3) is 2.70. The van der Waals surface area contributed by atoms with E-state index in [1.165, 1.54) is 11.9 Å². The Balaban J connectivity index is 1.95. The normalized spacial score (nSPS) is 12.3. The number of amides is 1. The smallest absolute Gasteiger partial charge is 0.270 e. The first kappa shape index (κ1) is 15.2. The summed E-state index contributed by atoms with van der Waals surface area (Å²) < 4.78 is 0. The number of hydrogen-bond donors (Lipinski definition) is 1. The van der Waals surface area contributed by atoms with Crippen molar-refractivity contribution in [1.82, 2.24) is 19.9 Å². The van der Waals surface area contributed by atoms with Crippen molar-refractivity contribution in [2.45, 2.75) is 26.8 Å². The summed E-state index contributed by atoms with van der Waals surface area (Å²) in [5, 5.41) is 1.09. The van der Waals surface area contributed by atoms with Gasteiger partial charge in [-0.1, -0.05) is 11.6 Å². The maximum absolute atomic E-state index is 12.9. The number of aryl methyl sites for hydroxylation is 2. The molecule has 118 valence electrons. The van der Waals surface area contributed by atoms with Crippen molar-refractivity contribution in [3.05, 3.63) is 59.3 Å². The molecule has 0 aliphatic rings. The maximum Gasteiger partial charge on any atom is 0.270 e. The predicted molar refractivity (Wildman–Crippen MR) is 90.3 cm³/mol.